The van der Waals surface area contributed by atoms with Crippen molar-refractivity contribution in [1.29, 1.82) is 5.26 Å². The molecule has 0 amide bonds. The van der Waals surface area contributed by atoms with Gasteiger partial charge in [-0.05, 0) is 55.8 Å². The van der Waals surface area contributed by atoms with Crippen LogP contribution in [-0.2, 0) is 7.05 Å². The van der Waals surface area contributed by atoms with E-state index in [1.165, 1.54) is 0 Å². The van der Waals surface area contributed by atoms with E-state index in [4.69, 9.17) is 10.00 Å². The molecule has 2 aromatic rings. The Balaban J connectivity index is 2.30. The highest BCUT2D eigenvalue weighted by Crippen LogP contribution is 2.38. The number of nitriles is 1. The lowest BCUT2D eigenvalue weighted by Gasteiger charge is -2.31. The van der Waals surface area contributed by atoms with Gasteiger partial charge in [0.05, 0.1) is 11.6 Å². The van der Waals surface area contributed by atoms with Gasteiger partial charge in [-0.3, -0.25) is 4.79 Å². The van der Waals surface area contributed by atoms with Crippen molar-refractivity contribution in [1.82, 2.24) is 4.57 Å². The molecule has 3 rings (SSSR count). The molecule has 4 heteroatoms. The van der Waals surface area contributed by atoms with E-state index in [0.717, 1.165) is 11.1 Å². The second kappa shape index (κ2) is 4.88. The Morgan fingerprint density at radius 3 is 2.73 bits per heavy atom. The lowest BCUT2D eigenvalue weighted by atomic mass is 9.89. The van der Waals surface area contributed by atoms with Gasteiger partial charge >= 0.3 is 0 Å². The van der Waals surface area contributed by atoms with E-state index >= 15 is 0 Å². The van der Waals surface area contributed by atoms with E-state index in [0.29, 0.717) is 16.9 Å². The molecule has 0 spiro atoms. The third-order valence-electron chi connectivity index (χ3n) is 3.68. The zero-order chi connectivity index (χ0) is 15.9. The molecule has 0 radical (unpaired) electrons. The van der Waals surface area contributed by atoms with Gasteiger partial charge in [-0.15, -0.1) is 0 Å². The second-order valence-electron chi connectivity index (χ2n) is 5.92. The molecule has 0 aliphatic carbocycles. The number of aryl methyl sites for hydroxylation is 1. The van der Waals surface area contributed by atoms with Crippen LogP contribution in [-0.4, -0.2) is 10.2 Å². The first-order chi connectivity index (χ1) is 10.4. The van der Waals surface area contributed by atoms with Crippen molar-refractivity contribution in [3.8, 4) is 11.8 Å². The Labute approximate surface area is 128 Å². The number of fused-ring (bicyclic) bond motifs is 1. The maximum absolute atomic E-state index is 12.5. The Bertz CT molecular complexity index is 883. The predicted octanol–water partition coefficient (Wildman–Crippen LogP) is 2.86. The largest absolute Gasteiger partial charge is 0.483 e. The Morgan fingerprint density at radius 1 is 1.23 bits per heavy atom. The fourth-order valence-corrected chi connectivity index (χ4v) is 2.66. The van der Waals surface area contributed by atoms with Crippen molar-refractivity contribution in [2.75, 3.05) is 0 Å². The third kappa shape index (κ3) is 2.31. The first-order valence-corrected chi connectivity index (χ1v) is 7.04. The number of pyridine rings is 1. The van der Waals surface area contributed by atoms with Gasteiger partial charge < -0.3 is 9.30 Å². The molecular weight excluding hydrogens is 276 g/mol. The maximum atomic E-state index is 12.5. The van der Waals surface area contributed by atoms with Crippen LogP contribution in [0.1, 0.15) is 30.5 Å². The summed E-state index contributed by atoms with van der Waals surface area (Å²) in [6.45, 7) is 3.89. The van der Waals surface area contributed by atoms with E-state index in [-0.39, 0.29) is 5.56 Å². The van der Waals surface area contributed by atoms with Crippen LogP contribution in [0.5, 0.6) is 5.75 Å². The molecule has 0 saturated carbocycles. The molecule has 22 heavy (non-hydrogen) atoms. The van der Waals surface area contributed by atoms with Crippen LogP contribution in [0.25, 0.3) is 5.57 Å². The molecule has 0 N–H and O–H groups in total. The van der Waals surface area contributed by atoms with Crippen LogP contribution < -0.4 is 10.3 Å². The lowest BCUT2D eigenvalue weighted by molar-refractivity contribution is 0.158. The van der Waals surface area contributed by atoms with Crippen molar-refractivity contribution >= 4 is 5.57 Å². The predicted molar refractivity (Wildman–Crippen MR) is 84.6 cm³/mol. The van der Waals surface area contributed by atoms with Crippen LogP contribution in [0.2, 0.25) is 0 Å². The number of benzene rings is 1. The monoisotopic (exact) mass is 292 g/mol. The normalized spacial score (nSPS) is 15.3. The number of ether oxygens (including phenoxy) is 1. The van der Waals surface area contributed by atoms with Crippen LogP contribution >= 0.6 is 0 Å². The van der Waals surface area contributed by atoms with Gasteiger partial charge in [0, 0.05) is 24.4 Å². The number of hydrogen-bond acceptors (Lipinski definition) is 3. The first kappa shape index (κ1) is 14.2. The van der Waals surface area contributed by atoms with Gasteiger partial charge in [0.2, 0.25) is 0 Å². The summed E-state index contributed by atoms with van der Waals surface area (Å²) < 4.78 is 7.49. The highest BCUT2D eigenvalue weighted by Gasteiger charge is 2.28. The quantitative estimate of drug-likeness (QED) is 0.812. The van der Waals surface area contributed by atoms with E-state index in [2.05, 4.69) is 6.07 Å². The number of aromatic nitrogens is 1. The van der Waals surface area contributed by atoms with Crippen molar-refractivity contribution in [3.05, 3.63) is 69.6 Å². The van der Waals surface area contributed by atoms with Gasteiger partial charge in [-0.25, -0.2) is 0 Å². The van der Waals surface area contributed by atoms with Gasteiger partial charge in [0.25, 0.3) is 5.56 Å². The van der Waals surface area contributed by atoms with E-state index < -0.39 is 5.60 Å². The van der Waals surface area contributed by atoms with Gasteiger partial charge in [-0.2, -0.15) is 5.26 Å². The summed E-state index contributed by atoms with van der Waals surface area (Å²) in [7, 11) is 1.73. The lowest BCUT2D eigenvalue weighted by Crippen LogP contribution is -2.30. The Kier molecular flexibility index (Phi) is 3.14. The highest BCUT2D eigenvalue weighted by molar-refractivity contribution is 5.85. The molecule has 110 valence electrons. The van der Waals surface area contributed by atoms with Crippen molar-refractivity contribution < 1.29 is 4.74 Å². The third-order valence-corrected chi connectivity index (χ3v) is 3.68. The van der Waals surface area contributed by atoms with Gasteiger partial charge in [0.15, 0.2) is 0 Å². The molecule has 4 nitrogen and oxygen atoms in total. The van der Waals surface area contributed by atoms with Crippen molar-refractivity contribution in [3.63, 3.8) is 0 Å². The van der Waals surface area contributed by atoms with E-state index in [9.17, 15) is 4.79 Å². The van der Waals surface area contributed by atoms with Crippen LogP contribution in [0.15, 0.2) is 47.4 Å². The molecule has 0 saturated heterocycles. The number of rotatable bonds is 1. The summed E-state index contributed by atoms with van der Waals surface area (Å²) in [5.41, 5.74) is 2.15. The first-order valence-electron chi connectivity index (χ1n) is 7.04. The molecule has 1 aromatic heterocycles. The minimum atomic E-state index is -0.517. The molecule has 1 aliphatic heterocycles. The van der Waals surface area contributed by atoms with Gasteiger partial charge in [-0.1, -0.05) is 0 Å². The fraction of sp³-hybridized carbons (Fsp3) is 0.222. The van der Waals surface area contributed by atoms with Crippen LogP contribution in [0, 0.1) is 11.3 Å². The van der Waals surface area contributed by atoms with Crippen LogP contribution in [0.3, 0.4) is 0 Å². The number of hydrogen-bond donors (Lipinski definition) is 0. The minimum Gasteiger partial charge on any atom is -0.483 e. The van der Waals surface area contributed by atoms with E-state index in [1.54, 1.807) is 42.1 Å². The summed E-state index contributed by atoms with van der Waals surface area (Å²) in [5.74, 6) is 0.687. The minimum absolute atomic E-state index is 0.0697. The van der Waals surface area contributed by atoms with Crippen molar-refractivity contribution in [2.24, 2.45) is 7.05 Å². The molecule has 1 aliphatic rings. The molecule has 0 atom stereocenters. The highest BCUT2D eigenvalue weighted by atomic mass is 16.5. The summed E-state index contributed by atoms with van der Waals surface area (Å²) in [4.78, 5) is 12.5. The van der Waals surface area contributed by atoms with Crippen LogP contribution in [0.4, 0.5) is 0 Å². The zero-order valence-corrected chi connectivity index (χ0v) is 12.8. The smallest absolute Gasteiger partial charge is 0.258 e. The molecule has 0 unspecified atom stereocenters. The fourth-order valence-electron chi connectivity index (χ4n) is 2.66. The summed E-state index contributed by atoms with van der Waals surface area (Å²) in [5, 5.41) is 9.12. The maximum Gasteiger partial charge on any atom is 0.258 e. The molecule has 1 aromatic carbocycles. The average Bonchev–Trinajstić information content (AvgIpc) is 2.48. The molecule has 2 heterocycles. The molecule has 0 bridgehead atoms. The Morgan fingerprint density at radius 2 is 2.00 bits per heavy atom. The molecule has 0 fully saturated rings. The number of nitrogens with zero attached hydrogens (tertiary/aromatic N) is 2. The topological polar surface area (TPSA) is 55.0 Å². The summed E-state index contributed by atoms with van der Waals surface area (Å²) in [6.07, 6.45) is 3.66. The van der Waals surface area contributed by atoms with Crippen molar-refractivity contribution in [2.45, 2.75) is 19.4 Å². The van der Waals surface area contributed by atoms with Gasteiger partial charge in [0.1, 0.15) is 11.4 Å². The average molecular weight is 292 g/mol. The standard InChI is InChI=1S/C18H16N2O2/c1-18(2)10-15(13-5-4-8-20(3)17(13)21)14-9-12(11-19)6-7-16(14)22-18/h4-10H,1-3H3. The van der Waals surface area contributed by atoms with E-state index in [1.807, 2.05) is 26.0 Å². The zero-order valence-electron chi connectivity index (χ0n) is 12.8. The summed E-state index contributed by atoms with van der Waals surface area (Å²) in [6, 6.07) is 11.1. The second-order valence-corrected chi connectivity index (χ2v) is 5.92. The molecular formula is C18H16N2O2. The summed E-state index contributed by atoms with van der Waals surface area (Å²) >= 11 is 0. The SMILES string of the molecule is Cn1cccc(C2=CC(C)(C)Oc3ccc(C#N)cc32)c1=O. The Hall–Kier alpha value is -2.80.